The molecule has 0 saturated heterocycles. The van der Waals surface area contributed by atoms with Crippen LogP contribution < -0.4 is 10.6 Å². The van der Waals surface area contributed by atoms with Gasteiger partial charge in [0.15, 0.2) is 5.96 Å². The number of halogens is 2. The highest BCUT2D eigenvalue weighted by molar-refractivity contribution is 14.0. The van der Waals surface area contributed by atoms with E-state index in [4.69, 9.17) is 11.6 Å². The fraction of sp³-hybridized carbons (Fsp3) is 0.333. The van der Waals surface area contributed by atoms with Gasteiger partial charge in [-0.25, -0.2) is 4.99 Å². The van der Waals surface area contributed by atoms with Crippen LogP contribution in [0, 0.1) is 6.92 Å². The minimum atomic E-state index is -0.00652. The van der Waals surface area contributed by atoms with Crippen LogP contribution in [0.1, 0.15) is 16.0 Å². The number of carbonyl (C=O) groups excluding carboxylic acids is 1. The van der Waals surface area contributed by atoms with E-state index in [0.717, 1.165) is 16.1 Å². The molecule has 5 nitrogen and oxygen atoms in total. The third-order valence-electron chi connectivity index (χ3n) is 3.56. The number of hydrogen-bond donors (Lipinski definition) is 2. The van der Waals surface area contributed by atoms with Crippen LogP contribution in [-0.2, 0) is 17.9 Å². The van der Waals surface area contributed by atoms with Gasteiger partial charge < -0.3 is 15.5 Å². The molecule has 0 saturated carbocycles. The third-order valence-corrected chi connectivity index (χ3v) is 4.86. The number of nitrogens with one attached hydrogen (secondary N) is 2. The maximum Gasteiger partial charge on any atom is 0.241 e. The van der Waals surface area contributed by atoms with Gasteiger partial charge in [0.25, 0.3) is 0 Å². The molecule has 1 heterocycles. The lowest BCUT2D eigenvalue weighted by Crippen LogP contribution is -2.42. The predicted molar refractivity (Wildman–Crippen MR) is 121 cm³/mol. The molecule has 0 fully saturated rings. The van der Waals surface area contributed by atoms with E-state index in [2.05, 4.69) is 21.7 Å². The third kappa shape index (κ3) is 7.51. The highest BCUT2D eigenvalue weighted by Crippen LogP contribution is 2.16. The minimum absolute atomic E-state index is 0. The first-order valence-electron chi connectivity index (χ1n) is 7.95. The largest absolute Gasteiger partial charge is 0.351 e. The number of carbonyl (C=O) groups is 1. The number of amides is 1. The van der Waals surface area contributed by atoms with E-state index in [-0.39, 0.29) is 36.4 Å². The van der Waals surface area contributed by atoms with Crippen LogP contribution in [0.15, 0.2) is 40.7 Å². The van der Waals surface area contributed by atoms with E-state index in [0.29, 0.717) is 19.0 Å². The number of benzene rings is 1. The van der Waals surface area contributed by atoms with Crippen molar-refractivity contribution in [3.8, 4) is 0 Å². The number of rotatable bonds is 6. The summed E-state index contributed by atoms with van der Waals surface area (Å²) in [7, 11) is 3.47. The van der Waals surface area contributed by atoms with Crippen molar-refractivity contribution in [3.05, 3.63) is 56.7 Å². The van der Waals surface area contributed by atoms with E-state index in [9.17, 15) is 4.79 Å². The van der Waals surface area contributed by atoms with Gasteiger partial charge >= 0.3 is 0 Å². The zero-order valence-corrected chi connectivity index (χ0v) is 19.0. The van der Waals surface area contributed by atoms with Crippen molar-refractivity contribution < 1.29 is 4.79 Å². The summed E-state index contributed by atoms with van der Waals surface area (Å²) < 4.78 is 0. The van der Waals surface area contributed by atoms with Crippen molar-refractivity contribution >= 4 is 58.8 Å². The summed E-state index contributed by atoms with van der Waals surface area (Å²) in [6.45, 7) is 3.34. The molecule has 2 N–H and O–H groups in total. The molecule has 0 unspecified atom stereocenters. The highest BCUT2D eigenvalue weighted by atomic mass is 127. The predicted octanol–water partition coefficient (Wildman–Crippen LogP) is 3.65. The summed E-state index contributed by atoms with van der Waals surface area (Å²) in [5, 5.41) is 9.13. The Kier molecular flexibility index (Phi) is 9.97. The number of hydrogen-bond acceptors (Lipinski definition) is 3. The number of aryl methyl sites for hydroxylation is 1. The summed E-state index contributed by atoms with van der Waals surface area (Å²) >= 11 is 7.74. The van der Waals surface area contributed by atoms with Crippen LogP contribution in [0.4, 0.5) is 0 Å². The van der Waals surface area contributed by atoms with E-state index >= 15 is 0 Å². The molecule has 0 atom stereocenters. The van der Waals surface area contributed by atoms with Crippen molar-refractivity contribution in [1.29, 1.82) is 0 Å². The topological polar surface area (TPSA) is 56.7 Å². The standard InChI is InChI=1S/C18H23ClN4OS.HI/c1-13-9-14(6-7-16(13)19)10-20-18(22-12-17(24)23(2)3)21-11-15-5-4-8-25-15;/h4-9H,10-12H2,1-3H3,(H2,20,21,22);1H. The van der Waals surface area contributed by atoms with Gasteiger partial charge in [-0.1, -0.05) is 29.8 Å². The molecule has 2 aromatic rings. The van der Waals surface area contributed by atoms with E-state index in [1.54, 1.807) is 30.3 Å². The lowest BCUT2D eigenvalue weighted by molar-refractivity contribution is -0.127. The van der Waals surface area contributed by atoms with Crippen molar-refractivity contribution in [3.63, 3.8) is 0 Å². The monoisotopic (exact) mass is 506 g/mol. The summed E-state index contributed by atoms with van der Waals surface area (Å²) in [6, 6.07) is 9.93. The Morgan fingerprint density at radius 1 is 1.27 bits per heavy atom. The molecule has 26 heavy (non-hydrogen) atoms. The Balaban J connectivity index is 0.00000338. The van der Waals surface area contributed by atoms with Crippen molar-refractivity contribution in [2.75, 3.05) is 20.6 Å². The number of thiophene rings is 1. The summed E-state index contributed by atoms with van der Waals surface area (Å²) in [5.41, 5.74) is 2.09. The maximum atomic E-state index is 11.8. The first kappa shape index (κ1) is 22.7. The van der Waals surface area contributed by atoms with E-state index < -0.39 is 0 Å². The first-order chi connectivity index (χ1) is 12.0. The molecule has 0 radical (unpaired) electrons. The maximum absolute atomic E-state index is 11.8. The Labute approximate surface area is 180 Å². The molecule has 2 rings (SSSR count). The van der Waals surface area contributed by atoms with Crippen molar-refractivity contribution in [2.45, 2.75) is 20.0 Å². The molecule has 0 spiro atoms. The zero-order valence-electron chi connectivity index (χ0n) is 15.1. The zero-order chi connectivity index (χ0) is 18.2. The Bertz CT molecular complexity index is 735. The summed E-state index contributed by atoms with van der Waals surface area (Å²) in [4.78, 5) is 19.1. The Morgan fingerprint density at radius 2 is 2.04 bits per heavy atom. The molecule has 1 amide bonds. The molecule has 0 aliphatic rings. The van der Waals surface area contributed by atoms with Crippen molar-refractivity contribution in [1.82, 2.24) is 15.5 Å². The van der Waals surface area contributed by atoms with Gasteiger partial charge in [-0.3, -0.25) is 4.79 Å². The van der Waals surface area contributed by atoms with Gasteiger partial charge in [0.1, 0.15) is 0 Å². The SMILES string of the molecule is Cc1cc(CN=C(NCC(=O)N(C)C)NCc2cccs2)ccc1Cl.I. The molecule has 0 aliphatic heterocycles. The van der Waals surface area contributed by atoms with Crippen LogP contribution in [0.25, 0.3) is 0 Å². The second-order valence-corrected chi connectivity index (χ2v) is 7.26. The van der Waals surface area contributed by atoms with E-state index in [1.165, 1.54) is 4.88 Å². The normalized spacial score (nSPS) is 10.8. The van der Waals surface area contributed by atoms with Gasteiger partial charge in [0.05, 0.1) is 19.6 Å². The average Bonchev–Trinajstić information content (AvgIpc) is 3.10. The molecular formula is C18H24ClIN4OS. The average molecular weight is 507 g/mol. The minimum Gasteiger partial charge on any atom is -0.351 e. The first-order valence-corrected chi connectivity index (χ1v) is 9.21. The molecule has 142 valence electrons. The fourth-order valence-corrected chi connectivity index (χ4v) is 2.81. The Hall–Kier alpha value is -1.32. The molecule has 0 aliphatic carbocycles. The molecule has 0 bridgehead atoms. The number of nitrogens with zero attached hydrogens (tertiary/aromatic N) is 2. The second kappa shape index (κ2) is 11.4. The second-order valence-electron chi connectivity index (χ2n) is 5.82. The van der Waals surface area contributed by atoms with Gasteiger partial charge in [-0.15, -0.1) is 35.3 Å². The quantitative estimate of drug-likeness (QED) is 0.357. The van der Waals surface area contributed by atoms with Crippen LogP contribution in [0.5, 0.6) is 0 Å². The molecule has 1 aromatic carbocycles. The van der Waals surface area contributed by atoms with Crippen LogP contribution in [0.2, 0.25) is 5.02 Å². The van der Waals surface area contributed by atoms with Crippen LogP contribution >= 0.6 is 46.9 Å². The number of aliphatic imine (C=N–C) groups is 1. The van der Waals surface area contributed by atoms with Gasteiger partial charge in [0, 0.05) is 24.0 Å². The Morgan fingerprint density at radius 3 is 2.65 bits per heavy atom. The summed E-state index contributed by atoms with van der Waals surface area (Å²) in [5.74, 6) is 0.601. The van der Waals surface area contributed by atoms with Crippen molar-refractivity contribution in [2.24, 2.45) is 4.99 Å². The fourth-order valence-electron chi connectivity index (χ4n) is 2.05. The lowest BCUT2D eigenvalue weighted by Gasteiger charge is -2.14. The van der Waals surface area contributed by atoms with Gasteiger partial charge in [-0.2, -0.15) is 0 Å². The van der Waals surface area contributed by atoms with Gasteiger partial charge in [0.2, 0.25) is 5.91 Å². The molecule has 1 aromatic heterocycles. The number of likely N-dealkylation sites (N-methyl/N-ethyl adjacent to an activating group) is 1. The van der Waals surface area contributed by atoms with E-state index in [1.807, 2.05) is 36.6 Å². The number of guanidine groups is 1. The summed E-state index contributed by atoms with van der Waals surface area (Å²) in [6.07, 6.45) is 0. The smallest absolute Gasteiger partial charge is 0.241 e. The highest BCUT2D eigenvalue weighted by Gasteiger charge is 2.06. The lowest BCUT2D eigenvalue weighted by atomic mass is 10.1. The van der Waals surface area contributed by atoms with Crippen LogP contribution in [0.3, 0.4) is 0 Å². The molecule has 8 heteroatoms. The van der Waals surface area contributed by atoms with Gasteiger partial charge in [-0.05, 0) is 35.6 Å². The van der Waals surface area contributed by atoms with Crippen LogP contribution in [-0.4, -0.2) is 37.4 Å². The molecular weight excluding hydrogens is 483 g/mol.